The number of nitrogens with zero attached hydrogens (tertiary/aromatic N) is 3. The average molecular weight is 451 g/mol. The van der Waals surface area contributed by atoms with Gasteiger partial charge in [-0.25, -0.2) is 4.98 Å². The second kappa shape index (κ2) is 9.29. The number of hydrogen-bond donors (Lipinski definition) is 1. The SMILES string of the molecule is CCN(Cc1nc2ccccc2c(=O)[nH]1)C(=O)C(CC(C)C)N1C(=O)C2CC=CCC2C1=O. The zero-order valence-corrected chi connectivity index (χ0v) is 19.3. The number of carbonyl (C=O) groups excluding carboxylic acids is 3. The highest BCUT2D eigenvalue weighted by Gasteiger charge is 2.51. The predicted molar refractivity (Wildman–Crippen MR) is 124 cm³/mol. The number of rotatable bonds is 7. The summed E-state index contributed by atoms with van der Waals surface area (Å²) >= 11 is 0. The van der Waals surface area contributed by atoms with Gasteiger partial charge in [0.25, 0.3) is 5.56 Å². The summed E-state index contributed by atoms with van der Waals surface area (Å²) in [5.41, 5.74) is 0.291. The van der Waals surface area contributed by atoms with Crippen LogP contribution in [0.5, 0.6) is 0 Å². The summed E-state index contributed by atoms with van der Waals surface area (Å²) in [6, 6.07) is 6.17. The average Bonchev–Trinajstić information content (AvgIpc) is 3.05. The van der Waals surface area contributed by atoms with E-state index >= 15 is 0 Å². The quantitative estimate of drug-likeness (QED) is 0.516. The maximum Gasteiger partial charge on any atom is 0.258 e. The molecule has 0 bridgehead atoms. The van der Waals surface area contributed by atoms with Crippen molar-refractivity contribution in [3.63, 3.8) is 0 Å². The molecule has 2 heterocycles. The standard InChI is InChI=1S/C25H30N4O4/c1-4-28(14-21-26-19-12-8-7-11-18(19)22(30)27-21)25(33)20(13-15(2)3)29-23(31)16-9-5-6-10-17(16)24(29)32/h5-8,11-12,15-17,20H,4,9-10,13-14H2,1-3H3,(H,26,27,30). The van der Waals surface area contributed by atoms with Crippen molar-refractivity contribution in [2.24, 2.45) is 17.8 Å². The van der Waals surface area contributed by atoms with Crippen LogP contribution in [-0.4, -0.2) is 50.1 Å². The van der Waals surface area contributed by atoms with Crippen molar-refractivity contribution in [1.29, 1.82) is 0 Å². The molecule has 33 heavy (non-hydrogen) atoms. The Balaban J connectivity index is 1.62. The minimum atomic E-state index is -0.859. The van der Waals surface area contributed by atoms with Gasteiger partial charge in [0.2, 0.25) is 17.7 Å². The van der Waals surface area contributed by atoms with E-state index < -0.39 is 6.04 Å². The molecule has 0 radical (unpaired) electrons. The Hall–Kier alpha value is -3.29. The molecular weight excluding hydrogens is 420 g/mol. The van der Waals surface area contributed by atoms with Gasteiger partial charge in [-0.05, 0) is 44.2 Å². The fourth-order valence-electron chi connectivity index (χ4n) is 4.84. The van der Waals surface area contributed by atoms with Crippen molar-refractivity contribution >= 4 is 28.6 Å². The molecule has 0 saturated carbocycles. The third-order valence-electron chi connectivity index (χ3n) is 6.53. The largest absolute Gasteiger partial charge is 0.334 e. The van der Waals surface area contributed by atoms with Gasteiger partial charge in [0.05, 0.1) is 29.3 Å². The van der Waals surface area contributed by atoms with Crippen LogP contribution in [0.1, 0.15) is 45.9 Å². The Morgan fingerprint density at radius 1 is 1.12 bits per heavy atom. The van der Waals surface area contributed by atoms with Gasteiger partial charge in [0.15, 0.2) is 0 Å². The highest BCUT2D eigenvalue weighted by molar-refractivity contribution is 6.08. The summed E-state index contributed by atoms with van der Waals surface area (Å²) in [7, 11) is 0. The van der Waals surface area contributed by atoms with E-state index in [-0.39, 0.29) is 47.6 Å². The molecule has 3 unspecified atom stereocenters. The number of likely N-dealkylation sites (N-methyl/N-ethyl adjacent to an activating group) is 1. The van der Waals surface area contributed by atoms with Gasteiger partial charge >= 0.3 is 0 Å². The molecule has 8 heteroatoms. The maximum absolute atomic E-state index is 13.7. The van der Waals surface area contributed by atoms with E-state index in [4.69, 9.17) is 0 Å². The summed E-state index contributed by atoms with van der Waals surface area (Å²) < 4.78 is 0. The van der Waals surface area contributed by atoms with Crippen LogP contribution in [0.3, 0.4) is 0 Å². The number of fused-ring (bicyclic) bond motifs is 2. The van der Waals surface area contributed by atoms with Crippen molar-refractivity contribution in [3.8, 4) is 0 Å². The fourth-order valence-corrected chi connectivity index (χ4v) is 4.84. The summed E-state index contributed by atoms with van der Waals surface area (Å²) in [6.45, 7) is 6.22. The van der Waals surface area contributed by atoms with E-state index in [0.717, 1.165) is 0 Å². The molecule has 1 saturated heterocycles. The summed E-state index contributed by atoms with van der Waals surface area (Å²) in [6.07, 6.45) is 5.34. The number of benzene rings is 1. The zero-order chi connectivity index (χ0) is 23.7. The third-order valence-corrected chi connectivity index (χ3v) is 6.53. The predicted octanol–water partition coefficient (Wildman–Crippen LogP) is 2.64. The fraction of sp³-hybridized carbons (Fsp3) is 0.480. The number of allylic oxidation sites excluding steroid dienone is 2. The molecule has 4 rings (SSSR count). The molecule has 1 fully saturated rings. The van der Waals surface area contributed by atoms with Gasteiger partial charge in [0.1, 0.15) is 11.9 Å². The molecule has 2 aliphatic rings. The summed E-state index contributed by atoms with van der Waals surface area (Å²) in [4.78, 5) is 62.6. The first-order valence-electron chi connectivity index (χ1n) is 11.6. The number of aromatic amines is 1. The Kier molecular flexibility index (Phi) is 6.44. The number of para-hydroxylation sites is 1. The molecule has 3 atom stereocenters. The lowest BCUT2D eigenvalue weighted by Gasteiger charge is -2.32. The molecular formula is C25H30N4O4. The number of nitrogens with one attached hydrogen (secondary N) is 1. The second-order valence-corrected chi connectivity index (χ2v) is 9.23. The molecule has 8 nitrogen and oxygen atoms in total. The Morgan fingerprint density at radius 2 is 1.76 bits per heavy atom. The first kappa shape index (κ1) is 22.9. The number of aromatic nitrogens is 2. The lowest BCUT2D eigenvalue weighted by molar-refractivity contribution is -0.152. The van der Waals surface area contributed by atoms with Crippen LogP contribution in [0.2, 0.25) is 0 Å². The van der Waals surface area contributed by atoms with Gasteiger partial charge in [0, 0.05) is 6.54 Å². The highest BCUT2D eigenvalue weighted by Crippen LogP contribution is 2.37. The molecule has 1 aromatic carbocycles. The van der Waals surface area contributed by atoms with Gasteiger partial charge in [-0.2, -0.15) is 0 Å². The molecule has 1 aliphatic heterocycles. The minimum absolute atomic E-state index is 0.0919. The molecule has 174 valence electrons. The van der Waals surface area contributed by atoms with E-state index in [2.05, 4.69) is 9.97 Å². The maximum atomic E-state index is 13.7. The second-order valence-electron chi connectivity index (χ2n) is 9.23. The van der Waals surface area contributed by atoms with E-state index in [1.54, 1.807) is 29.2 Å². The first-order valence-corrected chi connectivity index (χ1v) is 11.6. The van der Waals surface area contributed by atoms with Crippen LogP contribution in [0, 0.1) is 17.8 Å². The summed E-state index contributed by atoms with van der Waals surface area (Å²) in [5, 5.41) is 0.484. The van der Waals surface area contributed by atoms with Crippen molar-refractivity contribution in [2.75, 3.05) is 6.54 Å². The van der Waals surface area contributed by atoms with Crippen molar-refractivity contribution in [1.82, 2.24) is 19.8 Å². The van der Waals surface area contributed by atoms with E-state index in [9.17, 15) is 19.2 Å². The van der Waals surface area contributed by atoms with Crippen molar-refractivity contribution in [3.05, 3.63) is 52.6 Å². The number of H-pyrrole nitrogens is 1. The molecule has 0 spiro atoms. The Labute approximate surface area is 192 Å². The normalized spacial score (nSPS) is 21.0. The van der Waals surface area contributed by atoms with E-state index in [1.165, 1.54) is 4.90 Å². The number of likely N-dealkylation sites (tertiary alicyclic amines) is 1. The number of carbonyl (C=O) groups is 3. The van der Waals surface area contributed by atoms with Crippen LogP contribution in [-0.2, 0) is 20.9 Å². The van der Waals surface area contributed by atoms with Crippen molar-refractivity contribution < 1.29 is 14.4 Å². The monoisotopic (exact) mass is 450 g/mol. The molecule has 1 N–H and O–H groups in total. The van der Waals surface area contributed by atoms with Crippen LogP contribution in [0.4, 0.5) is 0 Å². The van der Waals surface area contributed by atoms with Crippen LogP contribution in [0.25, 0.3) is 10.9 Å². The first-order chi connectivity index (χ1) is 15.8. The number of hydrogen-bond acceptors (Lipinski definition) is 5. The van der Waals surface area contributed by atoms with Gasteiger partial charge in [-0.1, -0.05) is 38.1 Å². The van der Waals surface area contributed by atoms with Gasteiger partial charge in [-0.15, -0.1) is 0 Å². The van der Waals surface area contributed by atoms with Gasteiger partial charge in [-0.3, -0.25) is 24.1 Å². The minimum Gasteiger partial charge on any atom is -0.334 e. The molecule has 1 aromatic heterocycles. The number of imide groups is 1. The Morgan fingerprint density at radius 3 is 2.36 bits per heavy atom. The summed E-state index contributed by atoms with van der Waals surface area (Å²) in [5.74, 6) is -1.07. The topological polar surface area (TPSA) is 103 Å². The van der Waals surface area contributed by atoms with Crippen LogP contribution >= 0.6 is 0 Å². The third kappa shape index (κ3) is 4.34. The van der Waals surface area contributed by atoms with E-state index in [0.29, 0.717) is 42.5 Å². The van der Waals surface area contributed by atoms with E-state index in [1.807, 2.05) is 32.9 Å². The highest BCUT2D eigenvalue weighted by atomic mass is 16.2. The molecule has 1 aliphatic carbocycles. The number of amides is 3. The molecule has 2 aromatic rings. The Bertz CT molecular complexity index is 1140. The lowest BCUT2D eigenvalue weighted by Crippen LogP contribution is -2.52. The molecule has 3 amide bonds. The lowest BCUT2D eigenvalue weighted by atomic mass is 9.85. The smallest absolute Gasteiger partial charge is 0.258 e. The zero-order valence-electron chi connectivity index (χ0n) is 19.3. The van der Waals surface area contributed by atoms with Gasteiger partial charge < -0.3 is 9.88 Å². The van der Waals surface area contributed by atoms with Crippen LogP contribution in [0.15, 0.2) is 41.2 Å². The van der Waals surface area contributed by atoms with Crippen molar-refractivity contribution in [2.45, 2.75) is 52.6 Å². The van der Waals surface area contributed by atoms with Crippen LogP contribution < -0.4 is 5.56 Å².